The Hall–Kier alpha value is -0.800. The number of nitrogens with zero attached hydrogens (tertiary/aromatic N) is 1. The number of piperidine rings is 1. The van der Waals surface area contributed by atoms with E-state index in [2.05, 4.69) is 4.90 Å². The number of hydrogen-bond acceptors (Lipinski definition) is 3. The lowest BCUT2D eigenvalue weighted by Gasteiger charge is -2.31. The Labute approximate surface area is 84.3 Å². The van der Waals surface area contributed by atoms with E-state index in [1.165, 1.54) is 18.4 Å². The molecule has 0 amide bonds. The van der Waals surface area contributed by atoms with Gasteiger partial charge in [0.25, 0.3) is 0 Å². The first-order chi connectivity index (χ1) is 6.88. The summed E-state index contributed by atoms with van der Waals surface area (Å²) in [5.41, 5.74) is 1.23. The maximum absolute atomic E-state index is 9.09. The van der Waals surface area contributed by atoms with Gasteiger partial charge in [0.05, 0.1) is 12.5 Å². The van der Waals surface area contributed by atoms with Crippen LogP contribution in [0.3, 0.4) is 0 Å². The molecule has 78 valence electrons. The van der Waals surface area contributed by atoms with Crippen molar-refractivity contribution in [2.24, 2.45) is 5.92 Å². The van der Waals surface area contributed by atoms with Gasteiger partial charge in [0.1, 0.15) is 0 Å². The number of aliphatic hydroxyl groups excluding tert-OH is 1. The van der Waals surface area contributed by atoms with Crippen molar-refractivity contribution in [3.8, 4) is 0 Å². The van der Waals surface area contributed by atoms with Crippen LogP contribution in [-0.4, -0.2) is 29.7 Å². The van der Waals surface area contributed by atoms with Crippen molar-refractivity contribution in [2.75, 3.05) is 19.7 Å². The lowest BCUT2D eigenvalue weighted by Crippen LogP contribution is -2.36. The van der Waals surface area contributed by atoms with Crippen LogP contribution in [0, 0.1) is 5.92 Å². The zero-order chi connectivity index (χ0) is 9.80. The first kappa shape index (κ1) is 9.74. The fourth-order valence-electron chi connectivity index (χ4n) is 2.08. The van der Waals surface area contributed by atoms with Gasteiger partial charge in [-0.25, -0.2) is 0 Å². The van der Waals surface area contributed by atoms with Crippen LogP contribution in [0.5, 0.6) is 0 Å². The van der Waals surface area contributed by atoms with E-state index in [0.717, 1.165) is 19.6 Å². The largest absolute Gasteiger partial charge is 0.472 e. The molecule has 2 rings (SSSR count). The van der Waals surface area contributed by atoms with E-state index in [0.29, 0.717) is 12.5 Å². The third-order valence-electron chi connectivity index (χ3n) is 2.85. The first-order valence-corrected chi connectivity index (χ1v) is 5.23. The lowest BCUT2D eigenvalue weighted by atomic mass is 9.99. The molecule has 0 bridgehead atoms. The number of aliphatic hydroxyl groups is 1. The van der Waals surface area contributed by atoms with E-state index >= 15 is 0 Å². The van der Waals surface area contributed by atoms with Gasteiger partial charge < -0.3 is 9.52 Å². The summed E-state index contributed by atoms with van der Waals surface area (Å²) in [5, 5.41) is 9.09. The summed E-state index contributed by atoms with van der Waals surface area (Å²) >= 11 is 0. The first-order valence-electron chi connectivity index (χ1n) is 5.23. The van der Waals surface area contributed by atoms with Gasteiger partial charge in [-0.3, -0.25) is 4.90 Å². The summed E-state index contributed by atoms with van der Waals surface area (Å²) in [5.74, 6) is 0.468. The smallest absolute Gasteiger partial charge is 0.0947 e. The van der Waals surface area contributed by atoms with Crippen molar-refractivity contribution < 1.29 is 9.52 Å². The van der Waals surface area contributed by atoms with Crippen LogP contribution < -0.4 is 0 Å². The van der Waals surface area contributed by atoms with E-state index < -0.39 is 0 Å². The van der Waals surface area contributed by atoms with E-state index in [1.807, 2.05) is 6.07 Å². The fourth-order valence-corrected chi connectivity index (χ4v) is 2.08. The summed E-state index contributed by atoms with van der Waals surface area (Å²) < 4.78 is 5.03. The summed E-state index contributed by atoms with van der Waals surface area (Å²) in [7, 11) is 0. The average molecular weight is 195 g/mol. The molecule has 3 nitrogen and oxygen atoms in total. The summed E-state index contributed by atoms with van der Waals surface area (Å²) in [6.07, 6.45) is 5.87. The van der Waals surface area contributed by atoms with Gasteiger partial charge >= 0.3 is 0 Å². The fraction of sp³-hybridized carbons (Fsp3) is 0.636. The molecule has 0 radical (unpaired) electrons. The molecule has 0 saturated carbocycles. The quantitative estimate of drug-likeness (QED) is 0.793. The van der Waals surface area contributed by atoms with Crippen LogP contribution in [0.15, 0.2) is 23.0 Å². The third kappa shape index (κ3) is 2.36. The highest BCUT2D eigenvalue weighted by atomic mass is 16.3. The standard InChI is InChI=1S/C11H17NO2/c13-8-10-2-1-4-12(6-10)7-11-3-5-14-9-11/h3,5,9-10,13H,1-2,4,6-8H2. The highest BCUT2D eigenvalue weighted by molar-refractivity contribution is 5.05. The summed E-state index contributed by atoms with van der Waals surface area (Å²) in [6, 6.07) is 2.00. The van der Waals surface area contributed by atoms with Gasteiger partial charge in [-0.2, -0.15) is 0 Å². The summed E-state index contributed by atoms with van der Waals surface area (Å²) in [6.45, 7) is 3.43. The van der Waals surface area contributed by atoms with E-state index in [-0.39, 0.29) is 0 Å². The molecule has 3 heteroatoms. The minimum Gasteiger partial charge on any atom is -0.472 e. The van der Waals surface area contributed by atoms with Gasteiger partial charge in [-0.15, -0.1) is 0 Å². The van der Waals surface area contributed by atoms with Crippen LogP contribution in [0.2, 0.25) is 0 Å². The molecule has 1 N–H and O–H groups in total. The van der Waals surface area contributed by atoms with E-state index in [1.54, 1.807) is 12.5 Å². The van der Waals surface area contributed by atoms with Crippen molar-refractivity contribution in [2.45, 2.75) is 19.4 Å². The molecule has 14 heavy (non-hydrogen) atoms. The molecule has 1 aliphatic heterocycles. The molecule has 1 aromatic rings. The van der Waals surface area contributed by atoms with Crippen LogP contribution >= 0.6 is 0 Å². The molecular formula is C11H17NO2. The molecule has 0 spiro atoms. The van der Waals surface area contributed by atoms with Crippen molar-refractivity contribution in [3.05, 3.63) is 24.2 Å². The van der Waals surface area contributed by atoms with Crippen LogP contribution in [0.4, 0.5) is 0 Å². The molecule has 0 aromatic carbocycles. The second kappa shape index (κ2) is 4.62. The number of furan rings is 1. The molecule has 0 aliphatic carbocycles. The Bertz CT molecular complexity index is 258. The van der Waals surface area contributed by atoms with Crippen LogP contribution in [0.25, 0.3) is 0 Å². The number of hydrogen-bond donors (Lipinski definition) is 1. The normalized spacial score (nSPS) is 23.9. The van der Waals surface area contributed by atoms with E-state index in [9.17, 15) is 0 Å². The van der Waals surface area contributed by atoms with Crippen molar-refractivity contribution >= 4 is 0 Å². The zero-order valence-corrected chi connectivity index (χ0v) is 8.35. The molecule has 1 saturated heterocycles. The number of rotatable bonds is 3. The highest BCUT2D eigenvalue weighted by Gasteiger charge is 2.19. The zero-order valence-electron chi connectivity index (χ0n) is 8.35. The average Bonchev–Trinajstić information content (AvgIpc) is 2.71. The minimum absolute atomic E-state index is 0.321. The Morgan fingerprint density at radius 1 is 1.57 bits per heavy atom. The van der Waals surface area contributed by atoms with Crippen LogP contribution in [-0.2, 0) is 6.54 Å². The second-order valence-corrected chi connectivity index (χ2v) is 4.06. The number of likely N-dealkylation sites (tertiary alicyclic amines) is 1. The van der Waals surface area contributed by atoms with Crippen molar-refractivity contribution in [1.29, 1.82) is 0 Å². The highest BCUT2D eigenvalue weighted by Crippen LogP contribution is 2.17. The topological polar surface area (TPSA) is 36.6 Å². The van der Waals surface area contributed by atoms with Gasteiger partial charge in [-0.1, -0.05) is 0 Å². The van der Waals surface area contributed by atoms with Gasteiger partial charge in [0, 0.05) is 25.3 Å². The van der Waals surface area contributed by atoms with E-state index in [4.69, 9.17) is 9.52 Å². The molecule has 1 aliphatic rings. The third-order valence-corrected chi connectivity index (χ3v) is 2.85. The Balaban J connectivity index is 1.86. The lowest BCUT2D eigenvalue weighted by molar-refractivity contribution is 0.116. The monoisotopic (exact) mass is 195 g/mol. The Morgan fingerprint density at radius 2 is 2.50 bits per heavy atom. The van der Waals surface area contributed by atoms with Crippen molar-refractivity contribution in [1.82, 2.24) is 4.90 Å². The molecular weight excluding hydrogens is 178 g/mol. The predicted molar refractivity (Wildman–Crippen MR) is 53.8 cm³/mol. The predicted octanol–water partition coefficient (Wildman–Crippen LogP) is 1.48. The van der Waals surface area contributed by atoms with Gasteiger partial charge in [0.2, 0.25) is 0 Å². The Morgan fingerprint density at radius 3 is 3.21 bits per heavy atom. The van der Waals surface area contributed by atoms with Crippen molar-refractivity contribution in [3.63, 3.8) is 0 Å². The van der Waals surface area contributed by atoms with Gasteiger partial charge in [0.15, 0.2) is 0 Å². The van der Waals surface area contributed by atoms with Crippen LogP contribution in [0.1, 0.15) is 18.4 Å². The molecule has 2 heterocycles. The molecule has 1 unspecified atom stereocenters. The second-order valence-electron chi connectivity index (χ2n) is 4.06. The molecule has 1 fully saturated rings. The Kier molecular flexibility index (Phi) is 3.22. The SMILES string of the molecule is OCC1CCCN(Cc2ccoc2)C1. The van der Waals surface area contributed by atoms with Gasteiger partial charge in [-0.05, 0) is 31.4 Å². The minimum atomic E-state index is 0.321. The molecule has 1 atom stereocenters. The maximum Gasteiger partial charge on any atom is 0.0947 e. The maximum atomic E-state index is 9.09. The summed E-state index contributed by atoms with van der Waals surface area (Å²) in [4.78, 5) is 2.38. The molecule has 1 aromatic heterocycles.